The monoisotopic (exact) mass is 266 g/mol. The van der Waals surface area contributed by atoms with Crippen LogP contribution in [0.4, 0.5) is 0 Å². The summed E-state index contributed by atoms with van der Waals surface area (Å²) >= 11 is 0. The number of carbonyl (C=O) groups excluding carboxylic acids is 1. The molecule has 0 spiro atoms. The average Bonchev–Trinajstić information content (AvgIpc) is 2.51. The van der Waals surface area contributed by atoms with Crippen molar-refractivity contribution in [3.8, 4) is 0 Å². The largest absolute Gasteiger partial charge is 0.294 e. The number of Topliss-reactive ketones (excluding diaryl/α,β-unsaturated/α-hetero) is 1. The summed E-state index contributed by atoms with van der Waals surface area (Å²) in [4.78, 5) is 11.8. The zero-order valence-corrected chi connectivity index (χ0v) is 13.9. The van der Waals surface area contributed by atoms with Gasteiger partial charge in [-0.25, -0.2) is 0 Å². The first-order valence-electron chi connectivity index (χ1n) is 7.82. The summed E-state index contributed by atoms with van der Waals surface area (Å²) in [6, 6.07) is 8.05. The molecule has 0 aliphatic heterocycles. The minimum Gasteiger partial charge on any atom is -0.294 e. The Kier molecular flexibility index (Phi) is 14.2. The molecule has 0 fully saturated rings. The minimum atomic E-state index is 0. The van der Waals surface area contributed by atoms with Crippen molar-refractivity contribution in [1.29, 1.82) is 0 Å². The molecule has 19 heavy (non-hydrogen) atoms. The van der Waals surface area contributed by atoms with Gasteiger partial charge in [0.25, 0.3) is 0 Å². The Hall–Kier alpha value is -1.11. The van der Waals surface area contributed by atoms with Gasteiger partial charge in [-0.3, -0.25) is 4.79 Å². The van der Waals surface area contributed by atoms with Crippen molar-refractivity contribution in [2.75, 3.05) is 0 Å². The zero-order valence-electron chi connectivity index (χ0n) is 13.9. The van der Waals surface area contributed by atoms with Gasteiger partial charge in [0.05, 0.1) is 0 Å². The topological polar surface area (TPSA) is 17.1 Å². The molecule has 1 aromatic carbocycles. The van der Waals surface area contributed by atoms with E-state index in [0.29, 0.717) is 0 Å². The van der Waals surface area contributed by atoms with Crippen LogP contribution in [-0.2, 0) is 6.42 Å². The van der Waals surface area contributed by atoms with E-state index in [4.69, 9.17) is 0 Å². The molecule has 0 N–H and O–H groups in total. The first-order chi connectivity index (χ1) is 9.19. The molecule has 0 amide bonds. The van der Waals surface area contributed by atoms with Crippen molar-refractivity contribution in [2.24, 2.45) is 5.92 Å². The molecule has 0 saturated heterocycles. The Bertz CT molecular complexity index is 317. The van der Waals surface area contributed by atoms with Crippen LogP contribution >= 0.6 is 0 Å². The van der Waals surface area contributed by atoms with Crippen molar-refractivity contribution in [3.63, 3.8) is 0 Å². The minimum absolute atomic E-state index is 0. The fraction of sp³-hybridized carbons (Fsp3) is 0.611. The van der Waals surface area contributed by atoms with Gasteiger partial charge in [-0.05, 0) is 18.4 Å². The lowest BCUT2D eigenvalue weighted by Crippen LogP contribution is -2.09. The molecule has 0 saturated carbocycles. The molecule has 112 valence electrons. The van der Waals surface area contributed by atoms with Gasteiger partial charge in [-0.2, -0.15) is 0 Å². The number of hydrogen-bond donors (Lipinski definition) is 0. The van der Waals surface area contributed by atoms with Crippen LogP contribution in [-0.4, -0.2) is 5.78 Å². The zero-order chi connectivity index (χ0) is 15.3. The van der Waals surface area contributed by atoms with E-state index in [1.54, 1.807) is 0 Å². The SMILES string of the molecule is CC.CC.CCCc1ccc(C(=O)C(C)CC)cc1.[HH]. The summed E-state index contributed by atoms with van der Waals surface area (Å²) in [6.07, 6.45) is 3.16. The van der Waals surface area contributed by atoms with Crippen molar-refractivity contribution in [1.82, 2.24) is 0 Å². The van der Waals surface area contributed by atoms with Crippen LogP contribution in [0, 0.1) is 5.92 Å². The van der Waals surface area contributed by atoms with Gasteiger partial charge in [0, 0.05) is 12.9 Å². The van der Waals surface area contributed by atoms with Crippen LogP contribution in [0.1, 0.15) is 78.7 Å². The maximum atomic E-state index is 11.8. The molecule has 0 bridgehead atoms. The van der Waals surface area contributed by atoms with Crippen molar-refractivity contribution in [3.05, 3.63) is 35.4 Å². The molecular weight excluding hydrogens is 232 g/mol. The molecule has 0 aliphatic rings. The second-order valence-corrected chi connectivity index (χ2v) is 4.12. The molecule has 0 aliphatic carbocycles. The first kappa shape index (κ1) is 20.2. The number of carbonyl (C=O) groups is 1. The van der Waals surface area contributed by atoms with Gasteiger partial charge >= 0.3 is 0 Å². The Morgan fingerprint density at radius 1 is 1.05 bits per heavy atom. The highest BCUT2D eigenvalue weighted by Crippen LogP contribution is 2.13. The highest BCUT2D eigenvalue weighted by atomic mass is 16.1. The Labute approximate surface area is 121 Å². The highest BCUT2D eigenvalue weighted by Gasteiger charge is 2.12. The van der Waals surface area contributed by atoms with E-state index in [1.165, 1.54) is 5.56 Å². The lowest BCUT2D eigenvalue weighted by Gasteiger charge is -2.07. The second-order valence-electron chi connectivity index (χ2n) is 4.12. The third-order valence-corrected chi connectivity index (χ3v) is 2.84. The van der Waals surface area contributed by atoms with Crippen LogP contribution in [0.15, 0.2) is 24.3 Å². The third-order valence-electron chi connectivity index (χ3n) is 2.84. The molecule has 1 aromatic rings. The lowest BCUT2D eigenvalue weighted by atomic mass is 9.96. The van der Waals surface area contributed by atoms with Crippen molar-refractivity contribution in [2.45, 2.75) is 67.7 Å². The van der Waals surface area contributed by atoms with Crippen molar-refractivity contribution >= 4 is 5.78 Å². The van der Waals surface area contributed by atoms with E-state index >= 15 is 0 Å². The lowest BCUT2D eigenvalue weighted by molar-refractivity contribution is 0.0927. The van der Waals surface area contributed by atoms with Gasteiger partial charge in [0.15, 0.2) is 5.78 Å². The molecule has 1 atom stereocenters. The summed E-state index contributed by atoms with van der Waals surface area (Å²) in [5, 5.41) is 0. The average molecular weight is 266 g/mol. The Morgan fingerprint density at radius 2 is 1.53 bits per heavy atom. The number of hydrogen-bond acceptors (Lipinski definition) is 1. The Balaban J connectivity index is -0.000000529. The van der Waals surface area contributed by atoms with E-state index in [1.807, 2.05) is 53.7 Å². The second kappa shape index (κ2) is 13.3. The summed E-state index contributed by atoms with van der Waals surface area (Å²) < 4.78 is 0. The quantitative estimate of drug-likeness (QED) is 0.583. The van der Waals surface area contributed by atoms with Gasteiger partial charge < -0.3 is 0 Å². The van der Waals surface area contributed by atoms with Gasteiger partial charge in [-0.15, -0.1) is 0 Å². The first-order valence-corrected chi connectivity index (χ1v) is 7.82. The van der Waals surface area contributed by atoms with Crippen LogP contribution in [0.3, 0.4) is 0 Å². The van der Waals surface area contributed by atoms with E-state index in [-0.39, 0.29) is 13.1 Å². The summed E-state index contributed by atoms with van der Waals surface area (Å²) in [7, 11) is 0. The standard InChI is InChI=1S/C14H20O.2C2H6.H2/c1-4-6-12-7-9-13(10-8-12)14(15)11(3)5-2;2*1-2;/h7-11H,4-6H2,1-3H3;2*1-2H3;1H. The molecule has 1 unspecified atom stereocenters. The van der Waals surface area contributed by atoms with E-state index < -0.39 is 0 Å². The summed E-state index contributed by atoms with van der Waals surface area (Å²) in [5.74, 6) is 0.405. The number of rotatable bonds is 5. The molecule has 1 nitrogen and oxygen atoms in total. The number of ketones is 1. The van der Waals surface area contributed by atoms with Gasteiger partial charge in [0.2, 0.25) is 0 Å². The van der Waals surface area contributed by atoms with Crippen LogP contribution in [0.25, 0.3) is 0 Å². The maximum Gasteiger partial charge on any atom is 0.165 e. The molecule has 1 rings (SSSR count). The van der Waals surface area contributed by atoms with Gasteiger partial charge in [0.1, 0.15) is 0 Å². The van der Waals surface area contributed by atoms with E-state index in [9.17, 15) is 4.79 Å². The fourth-order valence-electron chi connectivity index (χ4n) is 1.59. The molecule has 0 radical (unpaired) electrons. The predicted molar refractivity (Wildman–Crippen MR) is 89.0 cm³/mol. The normalized spacial score (nSPS) is 10.5. The van der Waals surface area contributed by atoms with E-state index in [2.05, 4.69) is 19.1 Å². The van der Waals surface area contributed by atoms with Gasteiger partial charge in [-0.1, -0.05) is 79.2 Å². The Morgan fingerprint density at radius 3 is 1.89 bits per heavy atom. The number of aryl methyl sites for hydroxylation is 1. The fourth-order valence-corrected chi connectivity index (χ4v) is 1.59. The molecule has 0 heterocycles. The summed E-state index contributed by atoms with van der Waals surface area (Å²) in [6.45, 7) is 14.2. The van der Waals surface area contributed by atoms with Crippen LogP contribution < -0.4 is 0 Å². The molecule has 1 heteroatoms. The molecule has 0 aromatic heterocycles. The van der Waals surface area contributed by atoms with Crippen LogP contribution in [0.2, 0.25) is 0 Å². The predicted octanol–water partition coefficient (Wildman–Crippen LogP) is 6.17. The number of benzene rings is 1. The maximum absolute atomic E-state index is 11.8. The summed E-state index contributed by atoms with van der Waals surface area (Å²) in [5.41, 5.74) is 2.17. The highest BCUT2D eigenvalue weighted by molar-refractivity contribution is 5.97. The van der Waals surface area contributed by atoms with E-state index in [0.717, 1.165) is 24.8 Å². The van der Waals surface area contributed by atoms with Crippen molar-refractivity contribution < 1.29 is 6.22 Å². The molecular formula is C18H34O. The smallest absolute Gasteiger partial charge is 0.165 e. The third kappa shape index (κ3) is 7.81. The van der Waals surface area contributed by atoms with Crippen LogP contribution in [0.5, 0.6) is 0 Å².